The molecule has 104 valence electrons. The zero-order valence-corrected chi connectivity index (χ0v) is 13.0. The lowest BCUT2D eigenvalue weighted by Gasteiger charge is -2.20. The van der Waals surface area contributed by atoms with Crippen molar-refractivity contribution in [1.82, 2.24) is 9.97 Å². The zero-order chi connectivity index (χ0) is 14.1. The Morgan fingerprint density at radius 3 is 2.75 bits per heavy atom. The molecule has 0 radical (unpaired) electrons. The van der Waals surface area contributed by atoms with Crippen LogP contribution in [0.25, 0.3) is 0 Å². The predicted molar refractivity (Wildman–Crippen MR) is 84.7 cm³/mol. The molecule has 0 aliphatic heterocycles. The number of rotatable bonds is 4. The number of nitrogen functional groups attached to an aromatic ring is 1. The second kappa shape index (κ2) is 5.40. The first-order valence-electron chi connectivity index (χ1n) is 6.72. The molecule has 1 aliphatic rings. The van der Waals surface area contributed by atoms with Crippen LogP contribution in [0.4, 0.5) is 11.6 Å². The molecule has 0 unspecified atom stereocenters. The van der Waals surface area contributed by atoms with E-state index in [4.69, 9.17) is 5.73 Å². The SMILES string of the molecule is CN(Cc1ccccc1Br)c1cc(N)nc(C2CC2)n1. The zero-order valence-electron chi connectivity index (χ0n) is 11.4. The Hall–Kier alpha value is -1.62. The number of benzene rings is 1. The van der Waals surface area contributed by atoms with Gasteiger partial charge in [-0.25, -0.2) is 9.97 Å². The maximum atomic E-state index is 5.90. The maximum absolute atomic E-state index is 5.90. The Bertz CT molecular complexity index is 625. The Kier molecular flexibility index (Phi) is 3.61. The summed E-state index contributed by atoms with van der Waals surface area (Å²) in [5.41, 5.74) is 7.12. The molecule has 0 amide bonds. The van der Waals surface area contributed by atoms with Crippen molar-refractivity contribution in [2.45, 2.75) is 25.3 Å². The summed E-state index contributed by atoms with van der Waals surface area (Å²) in [5.74, 6) is 2.83. The Morgan fingerprint density at radius 1 is 1.30 bits per heavy atom. The molecule has 0 bridgehead atoms. The molecule has 1 aliphatic carbocycles. The quantitative estimate of drug-likeness (QED) is 0.932. The van der Waals surface area contributed by atoms with Crippen molar-refractivity contribution >= 4 is 27.6 Å². The molecule has 1 heterocycles. The molecule has 20 heavy (non-hydrogen) atoms. The predicted octanol–water partition coefficient (Wildman–Crippen LogP) is 3.34. The van der Waals surface area contributed by atoms with Crippen molar-refractivity contribution in [1.29, 1.82) is 0 Å². The van der Waals surface area contributed by atoms with Crippen molar-refractivity contribution in [2.24, 2.45) is 0 Å². The van der Waals surface area contributed by atoms with Crippen molar-refractivity contribution in [2.75, 3.05) is 17.7 Å². The van der Waals surface area contributed by atoms with Crippen molar-refractivity contribution in [3.05, 3.63) is 46.2 Å². The third kappa shape index (κ3) is 2.93. The highest BCUT2D eigenvalue weighted by molar-refractivity contribution is 9.10. The standard InChI is InChI=1S/C15H17BrN4/c1-20(9-11-4-2-3-5-12(11)16)14-8-13(17)18-15(19-14)10-6-7-10/h2-5,8,10H,6-7,9H2,1H3,(H2,17,18,19). The van der Waals surface area contributed by atoms with Crippen LogP contribution in [0.2, 0.25) is 0 Å². The van der Waals surface area contributed by atoms with E-state index >= 15 is 0 Å². The minimum absolute atomic E-state index is 0.508. The van der Waals surface area contributed by atoms with Gasteiger partial charge in [-0.2, -0.15) is 0 Å². The minimum Gasteiger partial charge on any atom is -0.384 e. The second-order valence-corrected chi connectivity index (χ2v) is 6.09. The summed E-state index contributed by atoms with van der Waals surface area (Å²) in [4.78, 5) is 11.1. The largest absolute Gasteiger partial charge is 0.384 e. The number of halogens is 1. The summed E-state index contributed by atoms with van der Waals surface area (Å²) in [7, 11) is 2.03. The van der Waals surface area contributed by atoms with Gasteiger partial charge in [-0.3, -0.25) is 0 Å². The molecule has 1 saturated carbocycles. The van der Waals surface area contributed by atoms with Crippen molar-refractivity contribution in [3.8, 4) is 0 Å². The summed E-state index contributed by atoms with van der Waals surface area (Å²) in [5, 5.41) is 0. The summed E-state index contributed by atoms with van der Waals surface area (Å²) < 4.78 is 1.11. The lowest BCUT2D eigenvalue weighted by atomic mass is 10.2. The Morgan fingerprint density at radius 2 is 2.05 bits per heavy atom. The summed E-state index contributed by atoms with van der Waals surface area (Å²) in [6.07, 6.45) is 2.35. The lowest BCUT2D eigenvalue weighted by Crippen LogP contribution is -2.19. The molecular weight excluding hydrogens is 316 g/mol. The molecule has 2 aromatic rings. The number of nitrogens with zero attached hydrogens (tertiary/aromatic N) is 3. The second-order valence-electron chi connectivity index (χ2n) is 5.23. The first-order valence-corrected chi connectivity index (χ1v) is 7.52. The molecule has 5 heteroatoms. The normalized spacial score (nSPS) is 14.3. The van der Waals surface area contributed by atoms with Gasteiger partial charge in [-0.1, -0.05) is 34.1 Å². The molecule has 0 atom stereocenters. The molecular formula is C15H17BrN4. The van der Waals surface area contributed by atoms with E-state index in [1.807, 2.05) is 31.3 Å². The van der Waals surface area contributed by atoms with Gasteiger partial charge in [0.15, 0.2) is 0 Å². The molecule has 2 N–H and O–H groups in total. The minimum atomic E-state index is 0.508. The van der Waals surface area contributed by atoms with Crippen LogP contribution in [-0.4, -0.2) is 17.0 Å². The van der Waals surface area contributed by atoms with E-state index in [9.17, 15) is 0 Å². The van der Waals surface area contributed by atoms with Crippen LogP contribution < -0.4 is 10.6 Å². The highest BCUT2D eigenvalue weighted by Gasteiger charge is 2.27. The van der Waals surface area contributed by atoms with Crippen LogP contribution in [0.1, 0.15) is 30.1 Å². The molecule has 1 fully saturated rings. The van der Waals surface area contributed by atoms with E-state index in [-0.39, 0.29) is 0 Å². The molecule has 0 saturated heterocycles. The first-order chi connectivity index (χ1) is 9.63. The van der Waals surface area contributed by atoms with Gasteiger partial charge in [0.05, 0.1) is 0 Å². The maximum Gasteiger partial charge on any atom is 0.136 e. The average Bonchev–Trinajstić information content (AvgIpc) is 3.25. The molecule has 0 spiro atoms. The van der Waals surface area contributed by atoms with Gasteiger partial charge in [0.2, 0.25) is 0 Å². The fourth-order valence-corrected chi connectivity index (χ4v) is 2.56. The van der Waals surface area contributed by atoms with Gasteiger partial charge in [-0.05, 0) is 24.5 Å². The fraction of sp³-hybridized carbons (Fsp3) is 0.333. The van der Waals surface area contributed by atoms with Crippen molar-refractivity contribution in [3.63, 3.8) is 0 Å². The third-order valence-corrected chi connectivity index (χ3v) is 4.22. The Labute approximate surface area is 127 Å². The number of hydrogen-bond donors (Lipinski definition) is 1. The number of hydrogen-bond acceptors (Lipinski definition) is 4. The lowest BCUT2D eigenvalue weighted by molar-refractivity contribution is 0.855. The van der Waals surface area contributed by atoms with E-state index < -0.39 is 0 Å². The van der Waals surface area contributed by atoms with Gasteiger partial charge in [-0.15, -0.1) is 0 Å². The van der Waals surface area contributed by atoms with Crippen LogP contribution in [0.5, 0.6) is 0 Å². The average molecular weight is 333 g/mol. The summed E-state index contributed by atoms with van der Waals surface area (Å²) in [6.45, 7) is 0.780. The van der Waals surface area contributed by atoms with Gasteiger partial charge in [0.1, 0.15) is 17.5 Å². The van der Waals surface area contributed by atoms with E-state index in [2.05, 4.69) is 36.9 Å². The van der Waals surface area contributed by atoms with Gasteiger partial charge in [0, 0.05) is 30.0 Å². The van der Waals surface area contributed by atoms with Gasteiger partial charge in [0.25, 0.3) is 0 Å². The van der Waals surface area contributed by atoms with Crippen molar-refractivity contribution < 1.29 is 0 Å². The number of anilines is 2. The highest BCUT2D eigenvalue weighted by Crippen LogP contribution is 2.38. The van der Waals surface area contributed by atoms with Crippen LogP contribution in [-0.2, 0) is 6.54 Å². The Balaban J connectivity index is 1.83. The summed E-state index contributed by atoms with van der Waals surface area (Å²) >= 11 is 3.58. The fourth-order valence-electron chi connectivity index (χ4n) is 2.15. The van der Waals surface area contributed by atoms with Crippen LogP contribution in [0, 0.1) is 0 Å². The van der Waals surface area contributed by atoms with Crippen LogP contribution in [0.15, 0.2) is 34.8 Å². The topological polar surface area (TPSA) is 55.0 Å². The molecule has 1 aromatic carbocycles. The van der Waals surface area contributed by atoms with E-state index in [1.54, 1.807) is 0 Å². The summed E-state index contributed by atoms with van der Waals surface area (Å²) in [6, 6.07) is 10.0. The molecule has 4 nitrogen and oxygen atoms in total. The third-order valence-electron chi connectivity index (χ3n) is 3.45. The smallest absolute Gasteiger partial charge is 0.136 e. The highest BCUT2D eigenvalue weighted by atomic mass is 79.9. The first kappa shape index (κ1) is 13.4. The van der Waals surface area contributed by atoms with Crippen LogP contribution >= 0.6 is 15.9 Å². The number of aromatic nitrogens is 2. The molecule has 1 aromatic heterocycles. The monoisotopic (exact) mass is 332 g/mol. The van der Waals surface area contributed by atoms with E-state index in [0.717, 1.165) is 22.7 Å². The van der Waals surface area contributed by atoms with E-state index in [1.165, 1.54) is 18.4 Å². The van der Waals surface area contributed by atoms with E-state index in [0.29, 0.717) is 11.7 Å². The van der Waals surface area contributed by atoms with Gasteiger partial charge >= 0.3 is 0 Å². The van der Waals surface area contributed by atoms with Crippen LogP contribution in [0.3, 0.4) is 0 Å². The number of nitrogens with two attached hydrogens (primary N) is 1. The van der Waals surface area contributed by atoms with Gasteiger partial charge < -0.3 is 10.6 Å². The molecule has 3 rings (SSSR count).